The standard InChI is InChI=1S/C30H45N3O8/c1-17(7-10-26-29(37)30(16-38-30)15-23(41-26)13-22(35)14-27(31)32)6-9-25-18(2)12-24(20(4)40-25)33-28(36)11-8-19(3)39-21(5)34/h6-8,10-11,18-20,23-26,29,37H,9,12-16H2,1-5H3,(H3,31,32)(H,33,36)/b10-7+,11-8-,17-6+/t18-,19-,20+,23+,24+,25-,26+,29+,30+/m0/s1. The molecule has 11 heteroatoms. The van der Waals surface area contributed by atoms with Crippen molar-refractivity contribution in [3.63, 3.8) is 0 Å². The first-order valence-electron chi connectivity index (χ1n) is 14.3. The molecule has 0 saturated carbocycles. The molecule has 228 valence electrons. The minimum absolute atomic E-state index is 0.0163. The lowest BCUT2D eigenvalue weighted by molar-refractivity contribution is -0.144. The van der Waals surface area contributed by atoms with Crippen molar-refractivity contribution in [2.75, 3.05) is 6.61 Å². The van der Waals surface area contributed by atoms with Gasteiger partial charge in [-0.2, -0.15) is 0 Å². The van der Waals surface area contributed by atoms with E-state index in [1.54, 1.807) is 19.1 Å². The van der Waals surface area contributed by atoms with Crippen molar-refractivity contribution in [3.8, 4) is 0 Å². The Morgan fingerprint density at radius 3 is 2.56 bits per heavy atom. The second-order valence-corrected chi connectivity index (χ2v) is 11.6. The van der Waals surface area contributed by atoms with E-state index >= 15 is 0 Å². The summed E-state index contributed by atoms with van der Waals surface area (Å²) in [6.07, 6.45) is 8.05. The molecular weight excluding hydrogens is 530 g/mol. The van der Waals surface area contributed by atoms with E-state index < -0.39 is 36.0 Å². The van der Waals surface area contributed by atoms with Gasteiger partial charge in [0.15, 0.2) is 0 Å². The molecule has 0 unspecified atom stereocenters. The van der Waals surface area contributed by atoms with Crippen LogP contribution in [0.15, 0.2) is 36.0 Å². The maximum atomic E-state index is 12.4. The van der Waals surface area contributed by atoms with E-state index in [1.165, 1.54) is 13.0 Å². The smallest absolute Gasteiger partial charge is 0.303 e. The van der Waals surface area contributed by atoms with Gasteiger partial charge in [-0.25, -0.2) is 0 Å². The number of carbonyl (C=O) groups excluding carboxylic acids is 3. The van der Waals surface area contributed by atoms with Gasteiger partial charge >= 0.3 is 5.97 Å². The number of amidine groups is 1. The molecule has 0 aromatic carbocycles. The summed E-state index contributed by atoms with van der Waals surface area (Å²) in [5.41, 5.74) is 5.64. The predicted octanol–water partition coefficient (Wildman–Crippen LogP) is 2.26. The maximum absolute atomic E-state index is 12.4. The highest BCUT2D eigenvalue weighted by atomic mass is 16.6. The van der Waals surface area contributed by atoms with Crippen LogP contribution >= 0.6 is 0 Å². The number of epoxide rings is 1. The van der Waals surface area contributed by atoms with Gasteiger partial charge < -0.3 is 35.1 Å². The number of nitrogens with two attached hydrogens (primary N) is 1. The van der Waals surface area contributed by atoms with Gasteiger partial charge in [0.25, 0.3) is 0 Å². The Bertz CT molecular complexity index is 1070. The monoisotopic (exact) mass is 575 g/mol. The molecule has 3 rings (SSSR count). The summed E-state index contributed by atoms with van der Waals surface area (Å²) in [6, 6.07) is -0.135. The number of aliphatic hydroxyl groups excluding tert-OH is 1. The molecule has 3 heterocycles. The summed E-state index contributed by atoms with van der Waals surface area (Å²) in [4.78, 5) is 35.5. The normalized spacial score (nSPS) is 34.5. The minimum Gasteiger partial charge on any atom is -0.459 e. The molecule has 3 aliphatic rings. The molecule has 3 fully saturated rings. The third-order valence-electron chi connectivity index (χ3n) is 7.77. The van der Waals surface area contributed by atoms with E-state index in [9.17, 15) is 19.5 Å². The van der Waals surface area contributed by atoms with Gasteiger partial charge in [-0.1, -0.05) is 30.7 Å². The molecule has 11 nitrogen and oxygen atoms in total. The average Bonchev–Trinajstić information content (AvgIpc) is 3.64. The average molecular weight is 576 g/mol. The van der Waals surface area contributed by atoms with Crippen molar-refractivity contribution in [1.82, 2.24) is 5.32 Å². The Morgan fingerprint density at radius 1 is 1.22 bits per heavy atom. The van der Waals surface area contributed by atoms with Crippen LogP contribution in [0.1, 0.15) is 66.7 Å². The molecule has 5 N–H and O–H groups in total. The summed E-state index contributed by atoms with van der Waals surface area (Å²) in [5, 5.41) is 21.1. The molecule has 9 atom stereocenters. The van der Waals surface area contributed by atoms with E-state index in [4.69, 9.17) is 30.1 Å². The van der Waals surface area contributed by atoms with Crippen molar-refractivity contribution < 1.29 is 38.4 Å². The van der Waals surface area contributed by atoms with Crippen molar-refractivity contribution in [3.05, 3.63) is 36.0 Å². The molecule has 0 bridgehead atoms. The molecule has 0 aromatic heterocycles. The number of amides is 1. The number of ether oxygens (including phenoxy) is 4. The van der Waals surface area contributed by atoms with Crippen LogP contribution < -0.4 is 11.1 Å². The second-order valence-electron chi connectivity index (χ2n) is 11.6. The topological polar surface area (TPSA) is 174 Å². The first-order valence-corrected chi connectivity index (χ1v) is 14.3. The van der Waals surface area contributed by atoms with E-state index in [1.807, 2.05) is 19.9 Å². The van der Waals surface area contributed by atoms with Crippen LogP contribution in [0, 0.1) is 11.3 Å². The predicted molar refractivity (Wildman–Crippen MR) is 152 cm³/mol. The fraction of sp³-hybridized carbons (Fsp3) is 0.667. The molecule has 41 heavy (non-hydrogen) atoms. The largest absolute Gasteiger partial charge is 0.459 e. The lowest BCUT2D eigenvalue weighted by Gasteiger charge is -2.39. The zero-order chi connectivity index (χ0) is 30.3. The van der Waals surface area contributed by atoms with Gasteiger partial charge in [0.05, 0.1) is 43.2 Å². The van der Waals surface area contributed by atoms with Gasteiger partial charge in [0.2, 0.25) is 5.91 Å². The van der Waals surface area contributed by atoms with Crippen LogP contribution in [0.2, 0.25) is 0 Å². The molecular formula is C30H45N3O8. The molecule has 1 spiro atoms. The van der Waals surface area contributed by atoms with Crippen LogP contribution in [-0.4, -0.2) is 83.5 Å². The zero-order valence-electron chi connectivity index (χ0n) is 24.6. The number of hydrogen-bond acceptors (Lipinski definition) is 9. The highest BCUT2D eigenvalue weighted by Crippen LogP contribution is 2.43. The highest BCUT2D eigenvalue weighted by Gasteiger charge is 2.58. The molecule has 1 amide bonds. The summed E-state index contributed by atoms with van der Waals surface area (Å²) >= 11 is 0. The minimum atomic E-state index is -0.833. The number of rotatable bonds is 12. The summed E-state index contributed by atoms with van der Waals surface area (Å²) in [6.45, 7) is 9.45. The lowest BCUT2D eigenvalue weighted by Crippen LogP contribution is -2.50. The van der Waals surface area contributed by atoms with Crippen LogP contribution in [0.5, 0.6) is 0 Å². The van der Waals surface area contributed by atoms with Crippen LogP contribution in [-0.2, 0) is 33.3 Å². The maximum Gasteiger partial charge on any atom is 0.303 e. The third kappa shape index (κ3) is 9.88. The number of carbonyl (C=O) groups is 3. The zero-order valence-corrected chi connectivity index (χ0v) is 24.6. The fourth-order valence-electron chi connectivity index (χ4n) is 5.43. The Balaban J connectivity index is 1.50. The van der Waals surface area contributed by atoms with Gasteiger partial charge in [-0.3, -0.25) is 19.8 Å². The number of aliphatic hydroxyl groups is 1. The van der Waals surface area contributed by atoms with Gasteiger partial charge in [-0.05, 0) is 45.6 Å². The van der Waals surface area contributed by atoms with Crippen molar-refractivity contribution in [2.24, 2.45) is 11.7 Å². The fourth-order valence-corrected chi connectivity index (χ4v) is 5.43. The Hall–Kier alpha value is -2.86. The Labute approximate surface area is 242 Å². The molecule has 3 saturated heterocycles. The second kappa shape index (κ2) is 14.4. The van der Waals surface area contributed by atoms with Gasteiger partial charge in [0, 0.05) is 25.8 Å². The number of esters is 1. The summed E-state index contributed by atoms with van der Waals surface area (Å²) in [5.74, 6) is -0.798. The highest BCUT2D eigenvalue weighted by molar-refractivity contribution is 5.98. The Morgan fingerprint density at radius 2 is 1.93 bits per heavy atom. The first-order chi connectivity index (χ1) is 19.3. The van der Waals surface area contributed by atoms with E-state index in [0.29, 0.717) is 19.4 Å². The van der Waals surface area contributed by atoms with Gasteiger partial charge in [0.1, 0.15) is 29.7 Å². The summed E-state index contributed by atoms with van der Waals surface area (Å²) < 4.78 is 22.9. The molecule has 3 aliphatic heterocycles. The first kappa shape index (κ1) is 32.7. The van der Waals surface area contributed by atoms with Crippen molar-refractivity contribution in [1.29, 1.82) is 5.41 Å². The number of Topliss-reactive ketones (excluding diaryl/α,β-unsaturated/α-hetero) is 1. The molecule has 0 aromatic rings. The summed E-state index contributed by atoms with van der Waals surface area (Å²) in [7, 11) is 0. The SMILES string of the molecule is CC(=O)O[C@@H](C)/C=C\C(=O)N[C@@H]1C[C@H](C)[C@H](C/C=C(C)/C=C/[C@H]2O[C@H](CC(=O)CC(=N)N)C[C@@]3(CO3)[C@@H]2O)O[C@@H]1C. The molecule has 0 radical (unpaired) electrons. The molecule has 0 aliphatic carbocycles. The van der Waals surface area contributed by atoms with Crippen LogP contribution in [0.25, 0.3) is 0 Å². The van der Waals surface area contributed by atoms with E-state index in [-0.39, 0.29) is 54.5 Å². The number of allylic oxidation sites excluding steroid dienone is 2. The number of nitrogens with one attached hydrogen (secondary N) is 2. The number of hydrogen-bond donors (Lipinski definition) is 4. The van der Waals surface area contributed by atoms with E-state index in [2.05, 4.69) is 18.3 Å². The quantitative estimate of drug-likeness (QED) is 0.0680. The van der Waals surface area contributed by atoms with Crippen molar-refractivity contribution >= 4 is 23.5 Å². The van der Waals surface area contributed by atoms with E-state index in [0.717, 1.165) is 12.0 Å². The lowest BCUT2D eigenvalue weighted by atomic mass is 9.86. The van der Waals surface area contributed by atoms with Crippen LogP contribution in [0.3, 0.4) is 0 Å². The number of ketones is 1. The Kier molecular flexibility index (Phi) is 11.4. The van der Waals surface area contributed by atoms with Gasteiger partial charge in [-0.15, -0.1) is 0 Å². The van der Waals surface area contributed by atoms with Crippen molar-refractivity contribution in [2.45, 2.75) is 115 Å². The third-order valence-corrected chi connectivity index (χ3v) is 7.77. The van der Waals surface area contributed by atoms with Crippen LogP contribution in [0.4, 0.5) is 0 Å².